The van der Waals surface area contributed by atoms with Crippen LogP contribution in [-0.2, 0) is 0 Å². The highest BCUT2D eigenvalue weighted by molar-refractivity contribution is 7.19. The Bertz CT molecular complexity index is 893. The molecular formula is C16H9ClN2O3S. The minimum absolute atomic E-state index is 0.0651. The Hall–Kier alpha value is -2.57. The van der Waals surface area contributed by atoms with E-state index in [1.165, 1.54) is 23.5 Å². The van der Waals surface area contributed by atoms with Gasteiger partial charge in [0.2, 0.25) is 0 Å². The maximum atomic E-state index is 11.7. The first-order chi connectivity index (χ1) is 11.1. The fourth-order valence-corrected chi connectivity index (χ4v) is 3.25. The van der Waals surface area contributed by atoms with Crippen LogP contribution >= 0.6 is 22.9 Å². The molecule has 1 heterocycles. The number of nitrogens with zero attached hydrogens (tertiary/aromatic N) is 2. The van der Waals surface area contributed by atoms with Gasteiger partial charge in [-0.1, -0.05) is 42.5 Å². The lowest BCUT2D eigenvalue weighted by Gasteiger charge is -1.99. The standard InChI is InChI=1S/C16H9ClN2O3S/c17-15(20)14-13(11-7-4-8-12(9-11)19(21)22)18-16(23-14)10-5-2-1-3-6-10/h1-9H. The van der Waals surface area contributed by atoms with Crippen molar-refractivity contribution in [2.45, 2.75) is 0 Å². The third-order valence-electron chi connectivity index (χ3n) is 3.16. The number of carbonyl (C=O) groups excluding carboxylic acids is 1. The number of nitro benzene ring substituents is 1. The van der Waals surface area contributed by atoms with E-state index in [1.54, 1.807) is 12.1 Å². The van der Waals surface area contributed by atoms with Gasteiger partial charge in [-0.3, -0.25) is 14.9 Å². The highest BCUT2D eigenvalue weighted by atomic mass is 35.5. The Balaban J connectivity index is 2.15. The molecule has 0 aliphatic carbocycles. The van der Waals surface area contributed by atoms with Gasteiger partial charge in [0.1, 0.15) is 9.88 Å². The van der Waals surface area contributed by atoms with E-state index >= 15 is 0 Å². The molecule has 2 aromatic carbocycles. The molecule has 0 radical (unpaired) electrons. The zero-order valence-corrected chi connectivity index (χ0v) is 13.2. The van der Waals surface area contributed by atoms with Crippen molar-refractivity contribution in [1.82, 2.24) is 4.98 Å². The maximum Gasteiger partial charge on any atom is 0.270 e. The van der Waals surface area contributed by atoms with E-state index in [4.69, 9.17) is 11.6 Å². The monoisotopic (exact) mass is 344 g/mol. The van der Waals surface area contributed by atoms with Crippen molar-refractivity contribution >= 4 is 33.9 Å². The number of nitro groups is 1. The number of carbonyl (C=O) groups is 1. The van der Waals surface area contributed by atoms with Crippen LogP contribution in [0.3, 0.4) is 0 Å². The number of benzene rings is 2. The maximum absolute atomic E-state index is 11.7. The predicted molar refractivity (Wildman–Crippen MR) is 89.8 cm³/mol. The second-order valence-corrected chi connectivity index (χ2v) is 5.99. The molecule has 0 bridgehead atoms. The molecule has 3 aromatic rings. The van der Waals surface area contributed by atoms with Crippen molar-refractivity contribution in [2.75, 3.05) is 0 Å². The Morgan fingerprint density at radius 1 is 1.09 bits per heavy atom. The molecule has 0 saturated heterocycles. The zero-order valence-electron chi connectivity index (χ0n) is 11.6. The Morgan fingerprint density at radius 2 is 1.78 bits per heavy atom. The summed E-state index contributed by atoms with van der Waals surface area (Å²) >= 11 is 6.83. The molecule has 5 nitrogen and oxygen atoms in total. The minimum atomic E-state index is -0.633. The molecule has 0 N–H and O–H groups in total. The lowest BCUT2D eigenvalue weighted by atomic mass is 10.1. The number of halogens is 1. The summed E-state index contributed by atoms with van der Waals surface area (Å²) < 4.78 is 0. The predicted octanol–water partition coefficient (Wildman–Crippen LogP) is 4.76. The van der Waals surface area contributed by atoms with Crippen molar-refractivity contribution in [3.63, 3.8) is 0 Å². The summed E-state index contributed by atoms with van der Waals surface area (Å²) in [5.41, 5.74) is 1.64. The SMILES string of the molecule is O=C(Cl)c1sc(-c2ccccc2)nc1-c1cccc([N+](=O)[O-])c1. The third kappa shape index (κ3) is 3.13. The van der Waals surface area contributed by atoms with Crippen LogP contribution in [0, 0.1) is 10.1 Å². The number of rotatable bonds is 4. The average Bonchev–Trinajstić information content (AvgIpc) is 3.01. The lowest BCUT2D eigenvalue weighted by Crippen LogP contribution is -1.92. The molecule has 3 rings (SSSR count). The van der Waals surface area contributed by atoms with Gasteiger partial charge in [-0.05, 0) is 11.6 Å². The van der Waals surface area contributed by atoms with Crippen LogP contribution in [-0.4, -0.2) is 15.1 Å². The van der Waals surface area contributed by atoms with E-state index in [0.717, 1.165) is 5.56 Å². The average molecular weight is 345 g/mol. The third-order valence-corrected chi connectivity index (χ3v) is 4.56. The van der Waals surface area contributed by atoms with E-state index in [0.29, 0.717) is 16.3 Å². The molecule has 114 valence electrons. The highest BCUT2D eigenvalue weighted by Gasteiger charge is 2.20. The summed E-state index contributed by atoms with van der Waals surface area (Å²) in [6.45, 7) is 0. The van der Waals surface area contributed by atoms with Gasteiger partial charge in [0.05, 0.1) is 10.6 Å². The van der Waals surface area contributed by atoms with E-state index < -0.39 is 10.2 Å². The number of non-ortho nitro benzene ring substituents is 1. The molecule has 0 amide bonds. The Labute approximate surface area is 140 Å². The van der Waals surface area contributed by atoms with Crippen LogP contribution in [0.25, 0.3) is 21.8 Å². The van der Waals surface area contributed by atoms with Crippen molar-refractivity contribution in [3.8, 4) is 21.8 Å². The fraction of sp³-hybridized carbons (Fsp3) is 0. The van der Waals surface area contributed by atoms with Crippen LogP contribution in [0.2, 0.25) is 0 Å². The van der Waals surface area contributed by atoms with E-state index in [2.05, 4.69) is 4.98 Å². The molecule has 0 atom stereocenters. The summed E-state index contributed by atoms with van der Waals surface area (Å²) in [4.78, 5) is 26.9. The van der Waals surface area contributed by atoms with Crippen molar-refractivity contribution in [2.24, 2.45) is 0 Å². The largest absolute Gasteiger partial charge is 0.275 e. The summed E-state index contributed by atoms with van der Waals surface area (Å²) in [5, 5.41) is 10.9. The van der Waals surface area contributed by atoms with Crippen molar-refractivity contribution in [1.29, 1.82) is 0 Å². The van der Waals surface area contributed by atoms with Gasteiger partial charge >= 0.3 is 0 Å². The van der Waals surface area contributed by atoms with Gasteiger partial charge in [0.25, 0.3) is 10.9 Å². The van der Waals surface area contributed by atoms with Crippen LogP contribution < -0.4 is 0 Å². The number of hydrogen-bond acceptors (Lipinski definition) is 5. The quantitative estimate of drug-likeness (QED) is 0.388. The van der Waals surface area contributed by atoms with E-state index in [9.17, 15) is 14.9 Å². The number of aromatic nitrogens is 1. The summed E-state index contributed by atoms with van der Waals surface area (Å²) in [5.74, 6) is 0. The van der Waals surface area contributed by atoms with Gasteiger partial charge in [-0.15, -0.1) is 11.3 Å². The topological polar surface area (TPSA) is 73.1 Å². The second kappa shape index (κ2) is 6.28. The van der Waals surface area contributed by atoms with Crippen LogP contribution in [0.15, 0.2) is 54.6 Å². The second-order valence-electron chi connectivity index (χ2n) is 4.64. The molecule has 1 aromatic heterocycles. The molecule has 0 spiro atoms. The molecule has 0 saturated carbocycles. The van der Waals surface area contributed by atoms with Gasteiger partial charge in [-0.25, -0.2) is 4.98 Å². The van der Waals surface area contributed by atoms with Crippen LogP contribution in [0.1, 0.15) is 9.67 Å². The van der Waals surface area contributed by atoms with Gasteiger partial charge in [-0.2, -0.15) is 0 Å². The normalized spacial score (nSPS) is 10.5. The first-order valence-corrected chi connectivity index (χ1v) is 7.76. The Morgan fingerprint density at radius 3 is 2.43 bits per heavy atom. The number of thiazole rings is 1. The Kier molecular flexibility index (Phi) is 4.18. The first-order valence-electron chi connectivity index (χ1n) is 6.57. The minimum Gasteiger partial charge on any atom is -0.275 e. The van der Waals surface area contributed by atoms with Crippen molar-refractivity contribution < 1.29 is 9.72 Å². The highest BCUT2D eigenvalue weighted by Crippen LogP contribution is 2.35. The molecule has 0 aliphatic rings. The van der Waals surface area contributed by atoms with E-state index in [1.807, 2.05) is 30.3 Å². The van der Waals surface area contributed by atoms with Gasteiger partial charge in [0, 0.05) is 23.3 Å². The van der Waals surface area contributed by atoms with Crippen LogP contribution in [0.4, 0.5) is 5.69 Å². The summed E-state index contributed by atoms with van der Waals surface area (Å²) in [6.07, 6.45) is 0. The molecule has 0 unspecified atom stereocenters. The molecule has 0 fully saturated rings. The summed E-state index contributed by atoms with van der Waals surface area (Å²) in [7, 11) is 0. The number of hydrogen-bond donors (Lipinski definition) is 0. The zero-order chi connectivity index (χ0) is 16.4. The fourth-order valence-electron chi connectivity index (χ4n) is 2.12. The summed E-state index contributed by atoms with van der Waals surface area (Å²) in [6, 6.07) is 15.3. The molecule has 7 heteroatoms. The van der Waals surface area contributed by atoms with Crippen molar-refractivity contribution in [3.05, 3.63) is 69.6 Å². The molecule has 0 aliphatic heterocycles. The van der Waals surface area contributed by atoms with Gasteiger partial charge < -0.3 is 0 Å². The smallest absolute Gasteiger partial charge is 0.270 e. The first kappa shape index (κ1) is 15.3. The van der Waals surface area contributed by atoms with E-state index in [-0.39, 0.29) is 10.6 Å². The lowest BCUT2D eigenvalue weighted by molar-refractivity contribution is -0.384. The molecule has 23 heavy (non-hydrogen) atoms. The van der Waals surface area contributed by atoms with Crippen LogP contribution in [0.5, 0.6) is 0 Å². The van der Waals surface area contributed by atoms with Gasteiger partial charge in [0.15, 0.2) is 0 Å². The molecular weight excluding hydrogens is 336 g/mol.